The fourth-order valence-electron chi connectivity index (χ4n) is 1.34. The monoisotopic (exact) mass is 289 g/mol. The van der Waals surface area contributed by atoms with Gasteiger partial charge in [0.25, 0.3) is 0 Å². The summed E-state index contributed by atoms with van der Waals surface area (Å²) in [5.74, 6) is 0.119. The van der Waals surface area contributed by atoms with Crippen LogP contribution in [0.2, 0.25) is 0 Å². The van der Waals surface area contributed by atoms with Gasteiger partial charge in [-0.2, -0.15) is 0 Å². The fourth-order valence-corrected chi connectivity index (χ4v) is 2.64. The molecule has 0 saturated heterocycles. The van der Waals surface area contributed by atoms with Crippen molar-refractivity contribution < 1.29 is 4.79 Å². The summed E-state index contributed by atoms with van der Waals surface area (Å²) in [5, 5.41) is 0. The third-order valence-corrected chi connectivity index (χ3v) is 4.00. The molecule has 84 valence electrons. The van der Waals surface area contributed by atoms with Gasteiger partial charge in [0.05, 0.1) is 10.9 Å². The molecule has 2 atom stereocenters. The molecule has 0 saturated carbocycles. The van der Waals surface area contributed by atoms with Crippen molar-refractivity contribution >= 4 is 33.2 Å². The van der Waals surface area contributed by atoms with Crippen molar-refractivity contribution in [3.63, 3.8) is 0 Å². The Morgan fingerprint density at radius 1 is 1.47 bits per heavy atom. The molecule has 1 aromatic rings. The largest absolute Gasteiger partial charge is 0.337 e. The summed E-state index contributed by atoms with van der Waals surface area (Å²) < 4.78 is 0. The quantitative estimate of drug-likeness (QED) is 0.782. The number of hydrogen-bond donors (Lipinski definition) is 0. The fraction of sp³-hybridized carbons (Fsp3) is 0.545. The minimum absolute atomic E-state index is 0.119. The third-order valence-electron chi connectivity index (χ3n) is 2.44. The molecular weight excluding hydrogens is 274 g/mol. The predicted octanol–water partition coefficient (Wildman–Crippen LogP) is 3.36. The first-order chi connectivity index (χ1) is 6.93. The van der Waals surface area contributed by atoms with Crippen molar-refractivity contribution in [1.82, 2.24) is 4.90 Å². The van der Waals surface area contributed by atoms with Crippen LogP contribution in [-0.4, -0.2) is 22.7 Å². The highest BCUT2D eigenvalue weighted by Crippen LogP contribution is 2.27. The molecule has 4 heteroatoms. The molecule has 1 heterocycles. The first-order valence-electron chi connectivity index (χ1n) is 4.90. The summed E-state index contributed by atoms with van der Waals surface area (Å²) in [6.45, 7) is 5.99. The lowest BCUT2D eigenvalue weighted by atomic mass is 10.2. The molecule has 0 aromatic carbocycles. The molecule has 0 radical (unpaired) electrons. The lowest BCUT2D eigenvalue weighted by Crippen LogP contribution is -2.33. The van der Waals surface area contributed by atoms with Crippen molar-refractivity contribution in [1.29, 1.82) is 0 Å². The number of halogens is 1. The van der Waals surface area contributed by atoms with Crippen LogP contribution in [-0.2, 0) is 4.79 Å². The van der Waals surface area contributed by atoms with Gasteiger partial charge in [0.15, 0.2) is 0 Å². The number of amides is 1. The molecule has 0 fully saturated rings. The second kappa shape index (κ2) is 5.12. The zero-order chi connectivity index (χ0) is 11.6. The molecule has 0 N–H and O–H groups in total. The summed E-state index contributed by atoms with van der Waals surface area (Å²) in [5.41, 5.74) is 0. The van der Waals surface area contributed by atoms with Gasteiger partial charge in [0.1, 0.15) is 0 Å². The Balaban J connectivity index is 2.76. The van der Waals surface area contributed by atoms with E-state index in [1.165, 1.54) is 9.75 Å². The first-order valence-corrected chi connectivity index (χ1v) is 6.63. The van der Waals surface area contributed by atoms with Gasteiger partial charge in [-0.3, -0.25) is 4.79 Å². The molecule has 2 nitrogen and oxygen atoms in total. The van der Waals surface area contributed by atoms with Gasteiger partial charge < -0.3 is 4.90 Å². The van der Waals surface area contributed by atoms with E-state index in [2.05, 4.69) is 41.9 Å². The van der Waals surface area contributed by atoms with E-state index in [1.54, 1.807) is 16.2 Å². The second-order valence-electron chi connectivity index (χ2n) is 3.69. The van der Waals surface area contributed by atoms with Crippen LogP contribution in [0.15, 0.2) is 12.1 Å². The normalized spacial score (nSPS) is 14.7. The Morgan fingerprint density at radius 2 is 2.07 bits per heavy atom. The Kier molecular flexibility index (Phi) is 4.34. The summed E-state index contributed by atoms with van der Waals surface area (Å²) in [6, 6.07) is 4.33. The predicted molar refractivity (Wildman–Crippen MR) is 68.6 cm³/mol. The maximum Gasteiger partial charge on any atom is 0.236 e. The summed E-state index contributed by atoms with van der Waals surface area (Å²) >= 11 is 5.04. The van der Waals surface area contributed by atoms with Gasteiger partial charge in [0.2, 0.25) is 5.91 Å². The molecule has 1 aromatic heterocycles. The van der Waals surface area contributed by atoms with E-state index in [4.69, 9.17) is 0 Å². The zero-order valence-electron chi connectivity index (χ0n) is 9.45. The molecule has 0 aliphatic rings. The molecule has 0 aliphatic carbocycles. The highest BCUT2D eigenvalue weighted by Gasteiger charge is 2.21. The number of carbonyl (C=O) groups excluding carboxylic acids is 1. The molecule has 15 heavy (non-hydrogen) atoms. The summed E-state index contributed by atoms with van der Waals surface area (Å²) in [4.78, 5) is 15.9. The van der Waals surface area contributed by atoms with E-state index >= 15 is 0 Å². The molecule has 0 bridgehead atoms. The van der Waals surface area contributed by atoms with Crippen molar-refractivity contribution in [3.8, 4) is 0 Å². The Labute approximate surface area is 103 Å². The SMILES string of the molecule is Cc1ccc(C(C)N(C)C(=O)C(C)Br)s1. The van der Waals surface area contributed by atoms with Crippen molar-refractivity contribution in [2.24, 2.45) is 0 Å². The molecule has 0 spiro atoms. The zero-order valence-corrected chi connectivity index (χ0v) is 11.9. The maximum absolute atomic E-state index is 11.7. The van der Waals surface area contributed by atoms with E-state index in [0.717, 1.165) is 0 Å². The number of thiophene rings is 1. The number of rotatable bonds is 3. The number of hydrogen-bond acceptors (Lipinski definition) is 2. The van der Waals surface area contributed by atoms with Crippen LogP contribution in [0.5, 0.6) is 0 Å². The average molecular weight is 290 g/mol. The van der Waals surface area contributed by atoms with E-state index in [9.17, 15) is 4.79 Å². The van der Waals surface area contributed by atoms with Crippen LogP contribution in [0.25, 0.3) is 0 Å². The molecule has 1 amide bonds. The van der Waals surface area contributed by atoms with Crippen LogP contribution in [0.4, 0.5) is 0 Å². The van der Waals surface area contributed by atoms with Crippen molar-refractivity contribution in [2.75, 3.05) is 7.05 Å². The Bertz CT molecular complexity index is 348. The van der Waals surface area contributed by atoms with Gasteiger partial charge >= 0.3 is 0 Å². The minimum Gasteiger partial charge on any atom is -0.337 e. The van der Waals surface area contributed by atoms with Gasteiger partial charge in [-0.05, 0) is 32.9 Å². The van der Waals surface area contributed by atoms with Crippen LogP contribution in [0, 0.1) is 6.92 Å². The lowest BCUT2D eigenvalue weighted by Gasteiger charge is -2.25. The van der Waals surface area contributed by atoms with E-state index < -0.39 is 0 Å². The second-order valence-corrected chi connectivity index (χ2v) is 6.38. The Morgan fingerprint density at radius 3 is 2.47 bits per heavy atom. The van der Waals surface area contributed by atoms with Gasteiger partial charge in [-0.25, -0.2) is 0 Å². The first kappa shape index (κ1) is 12.7. The van der Waals surface area contributed by atoms with Crippen LogP contribution >= 0.6 is 27.3 Å². The molecule has 1 rings (SSSR count). The van der Waals surface area contributed by atoms with Crippen LogP contribution in [0.1, 0.15) is 29.6 Å². The highest BCUT2D eigenvalue weighted by molar-refractivity contribution is 9.10. The number of carbonyl (C=O) groups is 1. The number of nitrogens with zero attached hydrogens (tertiary/aromatic N) is 1. The molecule has 2 unspecified atom stereocenters. The van der Waals surface area contributed by atoms with Gasteiger partial charge in [-0.15, -0.1) is 11.3 Å². The van der Waals surface area contributed by atoms with Crippen molar-refractivity contribution in [2.45, 2.75) is 31.6 Å². The maximum atomic E-state index is 11.7. The van der Waals surface area contributed by atoms with E-state index in [1.807, 2.05) is 14.0 Å². The minimum atomic E-state index is -0.119. The van der Waals surface area contributed by atoms with Gasteiger partial charge in [0, 0.05) is 16.8 Å². The smallest absolute Gasteiger partial charge is 0.236 e. The molecular formula is C11H16BrNOS. The van der Waals surface area contributed by atoms with E-state index in [-0.39, 0.29) is 16.8 Å². The highest BCUT2D eigenvalue weighted by atomic mass is 79.9. The van der Waals surface area contributed by atoms with Crippen LogP contribution < -0.4 is 0 Å². The van der Waals surface area contributed by atoms with Crippen molar-refractivity contribution in [3.05, 3.63) is 21.9 Å². The topological polar surface area (TPSA) is 20.3 Å². The average Bonchev–Trinajstić information content (AvgIpc) is 2.61. The summed E-state index contributed by atoms with van der Waals surface area (Å²) in [6.07, 6.45) is 0. The lowest BCUT2D eigenvalue weighted by molar-refractivity contribution is -0.130. The van der Waals surface area contributed by atoms with Gasteiger partial charge in [-0.1, -0.05) is 15.9 Å². The summed E-state index contributed by atoms with van der Waals surface area (Å²) in [7, 11) is 1.85. The Hall–Kier alpha value is -0.350. The number of aryl methyl sites for hydroxylation is 1. The van der Waals surface area contributed by atoms with E-state index in [0.29, 0.717) is 0 Å². The third kappa shape index (κ3) is 3.05. The van der Waals surface area contributed by atoms with Crippen LogP contribution in [0.3, 0.4) is 0 Å². The number of alkyl halides is 1. The standard InChI is InChI=1S/C11H16BrNOS/c1-7-5-6-10(15-7)9(3)13(4)11(14)8(2)12/h5-6,8-9H,1-4H3. The molecule has 0 aliphatic heterocycles.